The summed E-state index contributed by atoms with van der Waals surface area (Å²) in [7, 11) is -3.90. The van der Waals surface area contributed by atoms with E-state index in [1.54, 1.807) is 31.2 Å². The van der Waals surface area contributed by atoms with Crippen molar-refractivity contribution in [2.75, 3.05) is 0 Å². The minimum absolute atomic E-state index is 0.203. The second-order valence-electron chi connectivity index (χ2n) is 4.31. The van der Waals surface area contributed by atoms with Crippen LogP contribution in [0.2, 0.25) is 5.02 Å². The van der Waals surface area contributed by atoms with Gasteiger partial charge in [-0.25, -0.2) is 17.9 Å². The highest BCUT2D eigenvalue weighted by atomic mass is 35.5. The van der Waals surface area contributed by atoms with Gasteiger partial charge in [-0.15, -0.1) is 11.3 Å². The minimum Gasteiger partial charge on any atom is -0.477 e. The number of carboxylic acid groups (broad SMARTS) is 1. The second-order valence-corrected chi connectivity index (χ2v) is 7.35. The fraction of sp³-hybridized carbons (Fsp3) is 0.154. The molecule has 2 N–H and O–H groups in total. The Kier molecular flexibility index (Phi) is 4.67. The minimum atomic E-state index is -3.90. The largest absolute Gasteiger partial charge is 0.477 e. The average Bonchev–Trinajstić information content (AvgIpc) is 2.89. The molecule has 8 heteroatoms. The molecule has 1 atom stereocenters. The molecule has 1 heterocycles. The van der Waals surface area contributed by atoms with Gasteiger partial charge in [-0.2, -0.15) is 0 Å². The molecule has 1 aromatic carbocycles. The van der Waals surface area contributed by atoms with E-state index in [0.717, 1.165) is 16.9 Å². The van der Waals surface area contributed by atoms with Crippen LogP contribution in [0.1, 0.15) is 28.2 Å². The van der Waals surface area contributed by atoms with E-state index in [4.69, 9.17) is 16.7 Å². The molecule has 2 aromatic rings. The molecule has 0 aliphatic heterocycles. The summed E-state index contributed by atoms with van der Waals surface area (Å²) in [6.07, 6.45) is 0. The molecule has 0 spiro atoms. The Morgan fingerprint density at radius 3 is 2.48 bits per heavy atom. The molecule has 0 aliphatic rings. The van der Waals surface area contributed by atoms with Crippen molar-refractivity contribution in [3.05, 3.63) is 51.2 Å². The van der Waals surface area contributed by atoms with Crippen LogP contribution >= 0.6 is 22.9 Å². The van der Waals surface area contributed by atoms with E-state index in [1.807, 2.05) is 0 Å². The number of halogens is 1. The van der Waals surface area contributed by atoms with E-state index < -0.39 is 22.0 Å². The molecule has 5 nitrogen and oxygen atoms in total. The quantitative estimate of drug-likeness (QED) is 0.872. The highest BCUT2D eigenvalue weighted by molar-refractivity contribution is 7.89. The second kappa shape index (κ2) is 6.15. The summed E-state index contributed by atoms with van der Waals surface area (Å²) in [4.78, 5) is 10.6. The van der Waals surface area contributed by atoms with Crippen LogP contribution in [0.3, 0.4) is 0 Å². The van der Waals surface area contributed by atoms with Crippen LogP contribution in [-0.4, -0.2) is 19.5 Å². The van der Waals surface area contributed by atoms with Gasteiger partial charge >= 0.3 is 5.97 Å². The van der Waals surface area contributed by atoms with Crippen molar-refractivity contribution >= 4 is 38.9 Å². The number of rotatable bonds is 5. The van der Waals surface area contributed by atoms with E-state index in [0.29, 0.717) is 5.02 Å². The molecule has 1 unspecified atom stereocenters. The zero-order valence-electron chi connectivity index (χ0n) is 10.9. The maximum Gasteiger partial charge on any atom is 0.347 e. The molecule has 1 aromatic heterocycles. The monoisotopic (exact) mass is 345 g/mol. The zero-order chi connectivity index (χ0) is 15.6. The summed E-state index contributed by atoms with van der Waals surface area (Å²) < 4.78 is 27.0. The number of thiophene rings is 1. The van der Waals surface area contributed by atoms with Crippen LogP contribution in [0.4, 0.5) is 0 Å². The van der Waals surface area contributed by atoms with Gasteiger partial charge in [0.05, 0.1) is 0 Å². The Balaban J connectivity index is 2.27. The lowest BCUT2D eigenvalue weighted by Crippen LogP contribution is -2.27. The fourth-order valence-electron chi connectivity index (χ4n) is 1.78. The summed E-state index contributed by atoms with van der Waals surface area (Å²) in [5, 5.41) is 11.0. The normalized spacial score (nSPS) is 13.0. The lowest BCUT2D eigenvalue weighted by atomic mass is 10.1. The maximum atomic E-state index is 12.3. The molecule has 112 valence electrons. The zero-order valence-corrected chi connectivity index (χ0v) is 13.3. The van der Waals surface area contributed by atoms with Crippen LogP contribution in [0.5, 0.6) is 0 Å². The Labute approximate surface area is 131 Å². The predicted molar refractivity (Wildman–Crippen MR) is 81.5 cm³/mol. The Morgan fingerprint density at radius 1 is 1.29 bits per heavy atom. The molecular weight excluding hydrogens is 334 g/mol. The first kappa shape index (κ1) is 16.0. The van der Waals surface area contributed by atoms with Gasteiger partial charge in [0.1, 0.15) is 9.77 Å². The maximum absolute atomic E-state index is 12.3. The van der Waals surface area contributed by atoms with E-state index in [-0.39, 0.29) is 9.77 Å². The van der Waals surface area contributed by atoms with Crippen LogP contribution in [0.15, 0.2) is 40.6 Å². The van der Waals surface area contributed by atoms with E-state index in [9.17, 15) is 13.2 Å². The van der Waals surface area contributed by atoms with E-state index in [1.165, 1.54) is 11.4 Å². The van der Waals surface area contributed by atoms with Gasteiger partial charge in [0.2, 0.25) is 10.0 Å². The highest BCUT2D eigenvalue weighted by Crippen LogP contribution is 2.24. The number of carboxylic acids is 1. The molecule has 0 aliphatic carbocycles. The Hall–Kier alpha value is -1.41. The molecule has 0 fully saturated rings. The molecule has 0 saturated heterocycles. The molecule has 0 amide bonds. The Bertz CT molecular complexity index is 753. The fourth-order valence-corrected chi connectivity index (χ4v) is 4.40. The van der Waals surface area contributed by atoms with Crippen LogP contribution < -0.4 is 4.72 Å². The Morgan fingerprint density at radius 2 is 1.90 bits per heavy atom. The number of sulfonamides is 1. The summed E-state index contributed by atoms with van der Waals surface area (Å²) >= 11 is 6.66. The van der Waals surface area contributed by atoms with Crippen molar-refractivity contribution in [2.24, 2.45) is 0 Å². The number of hydrogen-bond donors (Lipinski definition) is 2. The van der Waals surface area contributed by atoms with Crippen LogP contribution in [0, 0.1) is 0 Å². The summed E-state index contributed by atoms with van der Waals surface area (Å²) in [6.45, 7) is 1.67. The molecule has 0 radical (unpaired) electrons. The van der Waals surface area contributed by atoms with Gasteiger partial charge in [0.15, 0.2) is 0 Å². The smallest absolute Gasteiger partial charge is 0.347 e. The lowest BCUT2D eigenvalue weighted by molar-refractivity contribution is 0.0698. The lowest BCUT2D eigenvalue weighted by Gasteiger charge is -2.14. The van der Waals surface area contributed by atoms with Gasteiger partial charge in [0, 0.05) is 11.1 Å². The third-order valence-corrected chi connectivity index (χ3v) is 5.68. The number of nitrogens with one attached hydrogen (secondary N) is 1. The molecule has 0 bridgehead atoms. The number of hydrogen-bond acceptors (Lipinski definition) is 4. The molecule has 0 saturated carbocycles. The van der Waals surface area contributed by atoms with Crippen molar-refractivity contribution in [1.29, 1.82) is 0 Å². The molecular formula is C13H12ClNO4S2. The molecule has 21 heavy (non-hydrogen) atoms. The van der Waals surface area contributed by atoms with Crippen molar-refractivity contribution in [2.45, 2.75) is 17.9 Å². The third-order valence-electron chi connectivity index (χ3n) is 2.81. The average molecular weight is 346 g/mol. The van der Waals surface area contributed by atoms with Crippen molar-refractivity contribution in [3.63, 3.8) is 0 Å². The number of aromatic carboxylic acids is 1. The van der Waals surface area contributed by atoms with Crippen molar-refractivity contribution in [3.8, 4) is 0 Å². The van der Waals surface area contributed by atoms with Crippen molar-refractivity contribution < 1.29 is 18.3 Å². The van der Waals surface area contributed by atoms with Crippen LogP contribution in [-0.2, 0) is 10.0 Å². The first-order chi connectivity index (χ1) is 9.81. The first-order valence-corrected chi connectivity index (χ1v) is 8.64. The third kappa shape index (κ3) is 3.62. The van der Waals surface area contributed by atoms with Crippen molar-refractivity contribution in [1.82, 2.24) is 4.72 Å². The summed E-state index contributed by atoms with van der Waals surface area (Å²) in [5.74, 6) is -1.26. The van der Waals surface area contributed by atoms with E-state index in [2.05, 4.69) is 4.72 Å². The highest BCUT2D eigenvalue weighted by Gasteiger charge is 2.25. The number of benzene rings is 1. The summed E-state index contributed by atoms with van der Waals surface area (Å²) in [6, 6.07) is 7.52. The topological polar surface area (TPSA) is 83.5 Å². The van der Waals surface area contributed by atoms with E-state index >= 15 is 0 Å². The van der Waals surface area contributed by atoms with Gasteiger partial charge in [-0.1, -0.05) is 23.7 Å². The predicted octanol–water partition coefficient (Wildman–Crippen LogP) is 3.14. The number of carbonyl (C=O) groups is 1. The van der Waals surface area contributed by atoms with Gasteiger partial charge < -0.3 is 5.11 Å². The molecule has 2 rings (SSSR count). The van der Waals surface area contributed by atoms with Crippen LogP contribution in [0.25, 0.3) is 0 Å². The van der Waals surface area contributed by atoms with Gasteiger partial charge in [0.25, 0.3) is 0 Å². The standard InChI is InChI=1S/C13H12ClNO4S2/c1-8(9-2-4-10(14)5-3-9)15-21(18,19)11-6-7-20-12(11)13(16)17/h2-8,15H,1H3,(H,16,17). The SMILES string of the molecule is CC(NS(=O)(=O)c1ccsc1C(=O)O)c1ccc(Cl)cc1. The van der Waals surface area contributed by atoms with Gasteiger partial charge in [-0.3, -0.25) is 0 Å². The summed E-state index contributed by atoms with van der Waals surface area (Å²) in [5.41, 5.74) is 0.732. The van der Waals surface area contributed by atoms with Gasteiger partial charge in [-0.05, 0) is 36.1 Å². The first-order valence-electron chi connectivity index (χ1n) is 5.90.